The Balaban J connectivity index is 1.48. The Morgan fingerprint density at radius 2 is 1.72 bits per heavy atom. The van der Waals surface area contributed by atoms with E-state index in [4.69, 9.17) is 10.7 Å². The van der Waals surface area contributed by atoms with Crippen LogP contribution in [0.25, 0.3) is 0 Å². The van der Waals surface area contributed by atoms with E-state index in [1.165, 1.54) is 0 Å². The van der Waals surface area contributed by atoms with Crippen molar-refractivity contribution >= 4 is 32.7 Å². The van der Waals surface area contributed by atoms with Crippen LogP contribution in [-0.4, -0.2) is 62.6 Å². The molecule has 190 valence electrons. The van der Waals surface area contributed by atoms with Crippen LogP contribution in [0.15, 0.2) is 70.7 Å². The van der Waals surface area contributed by atoms with Crippen LogP contribution in [-0.2, 0) is 15.6 Å². The first kappa shape index (κ1) is 24.4. The average molecular weight is 508 g/mol. The molecular weight excluding hydrogens is 474 g/mol. The van der Waals surface area contributed by atoms with Gasteiger partial charge in [-0.05, 0) is 51.2 Å². The third-order valence-corrected chi connectivity index (χ3v) is 9.05. The molecule has 36 heavy (non-hydrogen) atoms. The molecule has 2 aliphatic heterocycles. The summed E-state index contributed by atoms with van der Waals surface area (Å²) in [5.41, 5.74) is 10.7. The van der Waals surface area contributed by atoms with E-state index in [9.17, 15) is 8.42 Å². The summed E-state index contributed by atoms with van der Waals surface area (Å²) in [5.74, 6) is -0.768. The van der Waals surface area contributed by atoms with Gasteiger partial charge in [-0.3, -0.25) is 5.73 Å². The molecule has 10 heteroatoms. The van der Waals surface area contributed by atoms with E-state index < -0.39 is 20.9 Å². The molecule has 9 nitrogen and oxygen atoms in total. The van der Waals surface area contributed by atoms with Crippen molar-refractivity contribution < 1.29 is 8.42 Å². The van der Waals surface area contributed by atoms with Gasteiger partial charge in [-0.2, -0.15) is 0 Å². The fourth-order valence-electron chi connectivity index (χ4n) is 4.55. The lowest BCUT2D eigenvalue weighted by molar-refractivity contribution is 0.313. The lowest BCUT2D eigenvalue weighted by atomic mass is 10.0. The number of likely N-dealkylation sites (N-methyl/N-ethyl adjacent to an activating group) is 1. The number of nitrogens with zero attached hydrogens (tertiary/aromatic N) is 3. The van der Waals surface area contributed by atoms with Gasteiger partial charge in [0, 0.05) is 43.6 Å². The predicted molar refractivity (Wildman–Crippen MR) is 145 cm³/mol. The monoisotopic (exact) mass is 507 g/mol. The van der Waals surface area contributed by atoms with Gasteiger partial charge in [0.25, 0.3) is 0 Å². The first-order chi connectivity index (χ1) is 17.2. The summed E-state index contributed by atoms with van der Waals surface area (Å²) in [6.07, 6.45) is 1.80. The highest BCUT2D eigenvalue weighted by molar-refractivity contribution is 7.92. The summed E-state index contributed by atoms with van der Waals surface area (Å²) >= 11 is 0. The third-order valence-electron chi connectivity index (χ3n) is 6.84. The summed E-state index contributed by atoms with van der Waals surface area (Å²) in [4.78, 5) is 12.9. The number of aliphatic imine (C=N–C) groups is 1. The number of nitrogens with two attached hydrogens (primary N) is 1. The Morgan fingerprint density at radius 1 is 1.03 bits per heavy atom. The van der Waals surface area contributed by atoms with E-state index in [1.54, 1.807) is 44.3 Å². The molecule has 0 radical (unpaired) electrons. The number of amidine groups is 1. The largest absolute Gasteiger partial charge is 0.369 e. The smallest absolute Gasteiger partial charge is 0.211 e. The van der Waals surface area contributed by atoms with Crippen molar-refractivity contribution in [2.24, 2.45) is 10.7 Å². The number of aromatic amines is 1. The molecule has 2 aromatic carbocycles. The summed E-state index contributed by atoms with van der Waals surface area (Å²) in [5, 5.41) is 6.03. The molecule has 3 heterocycles. The fraction of sp³-hybridized carbons (Fsp3) is 0.346. The maximum absolute atomic E-state index is 13.0. The molecule has 1 atom stereocenters. The van der Waals surface area contributed by atoms with Gasteiger partial charge in [0.2, 0.25) is 5.79 Å². The van der Waals surface area contributed by atoms with E-state index in [1.807, 2.05) is 18.2 Å². The number of piperazine rings is 1. The van der Waals surface area contributed by atoms with Crippen molar-refractivity contribution in [1.29, 1.82) is 0 Å². The fourth-order valence-corrected chi connectivity index (χ4v) is 5.75. The minimum atomic E-state index is -3.50. The van der Waals surface area contributed by atoms with Crippen molar-refractivity contribution in [3.05, 3.63) is 72.1 Å². The molecule has 5 N–H and O–H groups in total. The molecule has 3 aromatic rings. The van der Waals surface area contributed by atoms with E-state index in [0.717, 1.165) is 43.1 Å². The zero-order valence-corrected chi connectivity index (χ0v) is 21.6. The normalized spacial score (nSPS) is 20.6. The minimum absolute atomic E-state index is 0.230. The highest BCUT2D eigenvalue weighted by atomic mass is 32.2. The second kappa shape index (κ2) is 9.27. The van der Waals surface area contributed by atoms with Gasteiger partial charge < -0.3 is 25.4 Å². The standard InChI is InChI=1S/C26H33N7O2S/c1-18(2)36(34,35)23-7-5-4-6-21(23)29-25-24-22(12-13-28-24)30-26(27,31-25)19-8-10-20(11-9-19)33-16-14-32(3)15-17-33/h4-13,18,28,30H,14-17,27H2,1-3H3,(H,29,31). The molecule has 1 saturated heterocycles. The number of hydrogen-bond acceptors (Lipinski definition) is 8. The van der Waals surface area contributed by atoms with Gasteiger partial charge in [0.1, 0.15) is 5.69 Å². The first-order valence-electron chi connectivity index (χ1n) is 12.2. The van der Waals surface area contributed by atoms with Gasteiger partial charge in [0.15, 0.2) is 15.7 Å². The van der Waals surface area contributed by atoms with E-state index in [2.05, 4.69) is 44.6 Å². The van der Waals surface area contributed by atoms with Crippen molar-refractivity contribution in [2.75, 3.05) is 48.8 Å². The van der Waals surface area contributed by atoms with E-state index >= 15 is 0 Å². The molecular formula is C26H33N7O2S. The highest BCUT2D eigenvalue weighted by Gasteiger charge is 2.34. The summed E-state index contributed by atoms with van der Waals surface area (Å²) in [6, 6.07) is 16.9. The van der Waals surface area contributed by atoms with Gasteiger partial charge in [-0.15, -0.1) is 0 Å². The number of aromatic nitrogens is 1. The Hall–Kier alpha value is -3.34. The number of rotatable bonds is 5. The number of nitrogens with one attached hydrogen (secondary N) is 3. The first-order valence-corrected chi connectivity index (χ1v) is 13.7. The Morgan fingerprint density at radius 3 is 2.42 bits per heavy atom. The molecule has 1 aromatic heterocycles. The SMILES string of the molecule is CC(C)S(=O)(=O)c1ccccc1NC1=NC(N)(c2ccc(N3CCN(C)CC3)cc2)Nc2cc[nH]c21. The zero-order valence-electron chi connectivity index (χ0n) is 20.8. The molecule has 2 aliphatic rings. The Kier molecular flexibility index (Phi) is 6.27. The van der Waals surface area contributed by atoms with Crippen LogP contribution in [0.5, 0.6) is 0 Å². The Bertz CT molecular complexity index is 1370. The summed E-state index contributed by atoms with van der Waals surface area (Å²) in [7, 11) is -1.36. The second-order valence-electron chi connectivity index (χ2n) is 9.67. The van der Waals surface area contributed by atoms with Crippen LogP contribution in [0, 0.1) is 0 Å². The van der Waals surface area contributed by atoms with E-state index in [-0.39, 0.29) is 4.90 Å². The number of hydrogen-bond donors (Lipinski definition) is 4. The number of benzene rings is 2. The molecule has 0 bridgehead atoms. The van der Waals surface area contributed by atoms with E-state index in [0.29, 0.717) is 17.2 Å². The summed E-state index contributed by atoms with van der Waals surface area (Å²) < 4.78 is 26.0. The number of anilines is 3. The van der Waals surface area contributed by atoms with Gasteiger partial charge >= 0.3 is 0 Å². The summed E-state index contributed by atoms with van der Waals surface area (Å²) in [6.45, 7) is 7.39. The van der Waals surface area contributed by atoms with Crippen LogP contribution in [0.2, 0.25) is 0 Å². The van der Waals surface area contributed by atoms with Crippen molar-refractivity contribution in [1.82, 2.24) is 9.88 Å². The average Bonchev–Trinajstić information content (AvgIpc) is 3.33. The maximum Gasteiger partial charge on any atom is 0.211 e. The van der Waals surface area contributed by atoms with Crippen molar-refractivity contribution in [3.8, 4) is 0 Å². The zero-order chi connectivity index (χ0) is 25.5. The van der Waals surface area contributed by atoms with Crippen molar-refractivity contribution in [3.63, 3.8) is 0 Å². The Labute approximate surface area is 212 Å². The van der Waals surface area contributed by atoms with Crippen LogP contribution < -0.4 is 21.3 Å². The van der Waals surface area contributed by atoms with Gasteiger partial charge in [-0.25, -0.2) is 13.4 Å². The maximum atomic E-state index is 13.0. The number of para-hydroxylation sites is 1. The molecule has 5 rings (SSSR count). The van der Waals surface area contributed by atoms with Crippen molar-refractivity contribution in [2.45, 2.75) is 29.8 Å². The lowest BCUT2D eigenvalue weighted by Crippen LogP contribution is -2.47. The number of sulfone groups is 1. The van der Waals surface area contributed by atoms with Crippen LogP contribution in [0.1, 0.15) is 25.1 Å². The number of fused-ring (bicyclic) bond motifs is 1. The predicted octanol–water partition coefficient (Wildman–Crippen LogP) is 3.00. The molecule has 0 amide bonds. The molecule has 0 saturated carbocycles. The van der Waals surface area contributed by atoms with Crippen LogP contribution in [0.3, 0.4) is 0 Å². The van der Waals surface area contributed by atoms with Gasteiger partial charge in [-0.1, -0.05) is 24.3 Å². The molecule has 0 spiro atoms. The molecule has 0 aliphatic carbocycles. The molecule has 1 unspecified atom stereocenters. The number of H-pyrrole nitrogens is 1. The highest BCUT2D eigenvalue weighted by Crippen LogP contribution is 2.33. The van der Waals surface area contributed by atoms with Crippen LogP contribution in [0.4, 0.5) is 17.1 Å². The minimum Gasteiger partial charge on any atom is -0.369 e. The van der Waals surface area contributed by atoms with Gasteiger partial charge in [0.05, 0.1) is 21.5 Å². The topological polar surface area (TPSA) is 119 Å². The third kappa shape index (κ3) is 4.47. The molecule has 1 fully saturated rings. The lowest BCUT2D eigenvalue weighted by Gasteiger charge is -2.35. The quantitative estimate of drug-likeness (QED) is 0.419. The van der Waals surface area contributed by atoms with Crippen LogP contribution >= 0.6 is 0 Å². The second-order valence-corrected chi connectivity index (χ2v) is 12.1.